The average molecular weight is 226 g/mol. The second kappa shape index (κ2) is 3.81. The van der Waals surface area contributed by atoms with Gasteiger partial charge in [-0.15, -0.1) is 0 Å². The summed E-state index contributed by atoms with van der Waals surface area (Å²) in [5.74, 6) is -0.153. The molecular weight excluding hydrogens is 212 g/mol. The first kappa shape index (κ1) is 10.4. The van der Waals surface area contributed by atoms with E-state index < -0.39 is 5.97 Å². The smallest absolute Gasteiger partial charge is 0.347 e. The third kappa shape index (κ3) is 2.28. The van der Waals surface area contributed by atoms with Crippen LogP contribution in [0.15, 0.2) is 0 Å². The molecule has 1 aromatic heterocycles. The highest BCUT2D eigenvalue weighted by atomic mass is 32.1. The molecule has 0 aromatic carbocycles. The van der Waals surface area contributed by atoms with Crippen molar-refractivity contribution in [1.82, 2.24) is 4.98 Å². The molecule has 4 nitrogen and oxygen atoms in total. The summed E-state index contributed by atoms with van der Waals surface area (Å²) < 4.78 is 0. The average Bonchev–Trinajstić information content (AvgIpc) is 2.91. The quantitative estimate of drug-likeness (QED) is 0.827. The van der Waals surface area contributed by atoms with Crippen molar-refractivity contribution < 1.29 is 9.90 Å². The van der Waals surface area contributed by atoms with E-state index >= 15 is 0 Å². The monoisotopic (exact) mass is 226 g/mol. The van der Waals surface area contributed by atoms with E-state index in [2.05, 4.69) is 17.2 Å². The molecule has 0 bridgehead atoms. The summed E-state index contributed by atoms with van der Waals surface area (Å²) >= 11 is 1.22. The molecule has 0 spiro atoms. The molecular formula is C10H14N2O2S. The van der Waals surface area contributed by atoms with E-state index in [1.807, 2.05) is 0 Å². The number of aromatic carboxylic acids is 1. The molecule has 1 heterocycles. The maximum atomic E-state index is 10.8. The fourth-order valence-corrected chi connectivity index (χ4v) is 2.47. The van der Waals surface area contributed by atoms with E-state index in [1.54, 1.807) is 6.92 Å². The molecule has 1 aliphatic rings. The summed E-state index contributed by atoms with van der Waals surface area (Å²) in [6, 6.07) is 0.400. The van der Waals surface area contributed by atoms with Crippen molar-refractivity contribution in [1.29, 1.82) is 0 Å². The summed E-state index contributed by atoms with van der Waals surface area (Å²) in [7, 11) is 0. The van der Waals surface area contributed by atoms with Crippen molar-refractivity contribution in [2.45, 2.75) is 32.7 Å². The van der Waals surface area contributed by atoms with Crippen LogP contribution in [0.3, 0.4) is 0 Å². The number of nitrogens with zero attached hydrogens (tertiary/aromatic N) is 1. The summed E-state index contributed by atoms with van der Waals surface area (Å²) in [6.45, 7) is 3.85. The van der Waals surface area contributed by atoms with Gasteiger partial charge in [0.15, 0.2) is 5.13 Å². The zero-order valence-corrected chi connectivity index (χ0v) is 9.60. The molecule has 1 saturated carbocycles. The minimum atomic E-state index is -0.892. The number of thiazole rings is 1. The second-order valence-electron chi connectivity index (χ2n) is 4.01. The van der Waals surface area contributed by atoms with Crippen LogP contribution in [0.2, 0.25) is 0 Å². The van der Waals surface area contributed by atoms with E-state index in [-0.39, 0.29) is 0 Å². The lowest BCUT2D eigenvalue weighted by molar-refractivity contribution is 0.0701. The van der Waals surface area contributed by atoms with Gasteiger partial charge in [0.25, 0.3) is 0 Å². The van der Waals surface area contributed by atoms with Crippen LogP contribution in [0.4, 0.5) is 5.13 Å². The van der Waals surface area contributed by atoms with Gasteiger partial charge >= 0.3 is 5.97 Å². The Bertz CT molecular complexity index is 385. The predicted octanol–water partition coefficient (Wildman–Crippen LogP) is 2.36. The zero-order valence-electron chi connectivity index (χ0n) is 8.78. The molecule has 82 valence electrons. The van der Waals surface area contributed by atoms with Crippen LogP contribution in [-0.2, 0) is 0 Å². The number of carbonyl (C=O) groups is 1. The van der Waals surface area contributed by atoms with Crippen LogP contribution >= 0.6 is 11.3 Å². The van der Waals surface area contributed by atoms with Gasteiger partial charge in [0.1, 0.15) is 4.88 Å². The standard InChI is InChI=1S/C10H14N2O2S/c1-5(7-3-4-7)11-10-12-6(2)8(15-10)9(13)14/h5,7H,3-4H2,1-2H3,(H,11,12)(H,13,14). The lowest BCUT2D eigenvalue weighted by atomic mass is 10.2. The molecule has 1 atom stereocenters. The van der Waals surface area contributed by atoms with Crippen molar-refractivity contribution >= 4 is 22.4 Å². The molecule has 2 rings (SSSR count). The number of hydrogen-bond acceptors (Lipinski definition) is 4. The SMILES string of the molecule is Cc1nc(NC(C)C2CC2)sc1C(=O)O. The van der Waals surface area contributed by atoms with Gasteiger partial charge in [0.05, 0.1) is 5.69 Å². The molecule has 0 saturated heterocycles. The first-order chi connectivity index (χ1) is 7.08. The van der Waals surface area contributed by atoms with Crippen LogP contribution in [0.1, 0.15) is 35.1 Å². The highest BCUT2D eigenvalue weighted by Gasteiger charge is 2.28. The third-order valence-electron chi connectivity index (χ3n) is 2.67. The normalized spacial score (nSPS) is 17.5. The van der Waals surface area contributed by atoms with Gasteiger partial charge in [-0.25, -0.2) is 9.78 Å². The predicted molar refractivity (Wildman–Crippen MR) is 59.6 cm³/mol. The lowest BCUT2D eigenvalue weighted by Gasteiger charge is -2.10. The molecule has 15 heavy (non-hydrogen) atoms. The maximum absolute atomic E-state index is 10.8. The van der Waals surface area contributed by atoms with Crippen molar-refractivity contribution in [2.75, 3.05) is 5.32 Å². The minimum Gasteiger partial charge on any atom is -0.477 e. The maximum Gasteiger partial charge on any atom is 0.347 e. The Hall–Kier alpha value is -1.10. The first-order valence-electron chi connectivity index (χ1n) is 5.05. The number of carboxylic acid groups (broad SMARTS) is 1. The van der Waals surface area contributed by atoms with Gasteiger partial charge in [0, 0.05) is 6.04 Å². The number of aromatic nitrogens is 1. The Kier molecular flexibility index (Phi) is 2.65. The lowest BCUT2D eigenvalue weighted by Crippen LogP contribution is -2.16. The molecule has 5 heteroatoms. The molecule has 1 fully saturated rings. The van der Waals surface area contributed by atoms with Crippen LogP contribution in [0.25, 0.3) is 0 Å². The molecule has 0 radical (unpaired) electrons. The van der Waals surface area contributed by atoms with Crippen LogP contribution in [0, 0.1) is 12.8 Å². The highest BCUT2D eigenvalue weighted by Crippen LogP contribution is 2.34. The number of hydrogen-bond donors (Lipinski definition) is 2. The van der Waals surface area contributed by atoms with E-state index in [1.165, 1.54) is 24.2 Å². The van der Waals surface area contributed by atoms with Gasteiger partial charge < -0.3 is 10.4 Å². The summed E-state index contributed by atoms with van der Waals surface area (Å²) in [4.78, 5) is 15.4. The molecule has 0 aliphatic heterocycles. The first-order valence-corrected chi connectivity index (χ1v) is 5.87. The Balaban J connectivity index is 2.08. The van der Waals surface area contributed by atoms with Gasteiger partial charge in [-0.2, -0.15) is 0 Å². The Morgan fingerprint density at radius 2 is 2.33 bits per heavy atom. The summed E-state index contributed by atoms with van der Waals surface area (Å²) in [5, 5.41) is 12.9. The molecule has 1 unspecified atom stereocenters. The van der Waals surface area contributed by atoms with Crippen LogP contribution in [0.5, 0.6) is 0 Å². The minimum absolute atomic E-state index is 0.334. The topological polar surface area (TPSA) is 62.2 Å². The fourth-order valence-electron chi connectivity index (χ4n) is 1.57. The molecule has 1 aliphatic carbocycles. The fraction of sp³-hybridized carbons (Fsp3) is 0.600. The van der Waals surface area contributed by atoms with Gasteiger partial charge in [-0.3, -0.25) is 0 Å². The van der Waals surface area contributed by atoms with E-state index in [9.17, 15) is 4.79 Å². The summed E-state index contributed by atoms with van der Waals surface area (Å²) in [5.41, 5.74) is 0.595. The highest BCUT2D eigenvalue weighted by molar-refractivity contribution is 7.17. The summed E-state index contributed by atoms with van der Waals surface area (Å²) in [6.07, 6.45) is 2.54. The van der Waals surface area contributed by atoms with Gasteiger partial charge in [-0.1, -0.05) is 11.3 Å². The Morgan fingerprint density at radius 1 is 1.67 bits per heavy atom. The Labute approximate surface area is 92.3 Å². The molecule has 0 amide bonds. The third-order valence-corrected chi connectivity index (χ3v) is 3.75. The number of carboxylic acids is 1. The second-order valence-corrected chi connectivity index (χ2v) is 5.01. The van der Waals surface area contributed by atoms with E-state index in [0.29, 0.717) is 16.6 Å². The van der Waals surface area contributed by atoms with Gasteiger partial charge in [0.2, 0.25) is 0 Å². The van der Waals surface area contributed by atoms with E-state index in [4.69, 9.17) is 5.11 Å². The largest absolute Gasteiger partial charge is 0.477 e. The number of rotatable bonds is 4. The molecule has 1 aromatic rings. The Morgan fingerprint density at radius 3 is 2.80 bits per heavy atom. The van der Waals surface area contributed by atoms with Gasteiger partial charge in [-0.05, 0) is 32.6 Å². The van der Waals surface area contributed by atoms with Crippen LogP contribution in [-0.4, -0.2) is 22.1 Å². The number of nitrogens with one attached hydrogen (secondary N) is 1. The number of aryl methyl sites for hydroxylation is 1. The van der Waals surface area contributed by atoms with Crippen molar-refractivity contribution in [3.63, 3.8) is 0 Å². The van der Waals surface area contributed by atoms with Crippen molar-refractivity contribution in [3.05, 3.63) is 10.6 Å². The number of anilines is 1. The van der Waals surface area contributed by atoms with Crippen molar-refractivity contribution in [3.8, 4) is 0 Å². The van der Waals surface area contributed by atoms with Crippen LogP contribution < -0.4 is 5.32 Å². The van der Waals surface area contributed by atoms with E-state index in [0.717, 1.165) is 11.0 Å². The van der Waals surface area contributed by atoms with Crippen molar-refractivity contribution in [2.24, 2.45) is 5.92 Å². The molecule has 2 N–H and O–H groups in total. The zero-order chi connectivity index (χ0) is 11.0.